The fraction of sp³-hybridized carbons (Fsp3) is 0. The van der Waals surface area contributed by atoms with Crippen LogP contribution in [0, 0.1) is 5.82 Å². The number of nitrogens with one attached hydrogen (secondary N) is 1. The molecule has 0 aliphatic carbocycles. The van der Waals surface area contributed by atoms with Crippen molar-refractivity contribution in [3.63, 3.8) is 0 Å². The van der Waals surface area contributed by atoms with Gasteiger partial charge in [0.15, 0.2) is 0 Å². The van der Waals surface area contributed by atoms with Crippen molar-refractivity contribution in [2.75, 3.05) is 0 Å². The molecule has 0 radical (unpaired) electrons. The zero-order valence-corrected chi connectivity index (χ0v) is 12.7. The summed E-state index contributed by atoms with van der Waals surface area (Å²) in [5.41, 5.74) is 5.08. The largest absolute Gasteiger partial charge is 0.271 e. The number of pyridine rings is 1. The lowest BCUT2D eigenvalue weighted by Gasteiger charge is -2.07. The predicted molar refractivity (Wildman–Crippen MR) is 90.2 cm³/mol. The Morgan fingerprint density at radius 1 is 0.875 bits per heavy atom. The van der Waals surface area contributed by atoms with Crippen LogP contribution in [0.4, 0.5) is 4.39 Å². The Bertz CT molecular complexity index is 805. The lowest BCUT2D eigenvalue weighted by Crippen LogP contribution is -2.20. The van der Waals surface area contributed by atoms with Crippen LogP contribution in [0.5, 0.6) is 0 Å². The molecule has 4 nitrogen and oxygen atoms in total. The quantitative estimate of drug-likeness (QED) is 0.592. The van der Waals surface area contributed by atoms with E-state index in [1.54, 1.807) is 18.5 Å². The highest BCUT2D eigenvalue weighted by Gasteiger charge is 2.09. The second kappa shape index (κ2) is 7.28. The summed E-state index contributed by atoms with van der Waals surface area (Å²) in [5, 5.41) is 4.25. The van der Waals surface area contributed by atoms with Gasteiger partial charge in [0.1, 0.15) is 5.82 Å². The number of hydrogen-bond donors (Lipinski definition) is 1. The molecule has 0 saturated heterocycles. The summed E-state index contributed by atoms with van der Waals surface area (Å²) in [7, 11) is 0. The SMILES string of the molecule is O=C(NN=C(c1ccccc1)c1cccnc1)c1ccc(F)cc1. The number of carbonyl (C=O) groups is 1. The molecule has 0 spiro atoms. The second-order valence-electron chi connectivity index (χ2n) is 5.02. The summed E-state index contributed by atoms with van der Waals surface area (Å²) in [5.74, 6) is -0.803. The van der Waals surface area contributed by atoms with Gasteiger partial charge in [-0.3, -0.25) is 9.78 Å². The van der Waals surface area contributed by atoms with Crippen molar-refractivity contribution in [1.82, 2.24) is 10.4 Å². The van der Waals surface area contributed by atoms with Gasteiger partial charge in [-0.2, -0.15) is 5.10 Å². The van der Waals surface area contributed by atoms with E-state index in [0.29, 0.717) is 11.3 Å². The fourth-order valence-electron chi connectivity index (χ4n) is 2.17. The number of carbonyl (C=O) groups excluding carboxylic acids is 1. The van der Waals surface area contributed by atoms with Crippen LogP contribution in [0.1, 0.15) is 21.5 Å². The van der Waals surface area contributed by atoms with Crippen LogP contribution in [0.25, 0.3) is 0 Å². The predicted octanol–water partition coefficient (Wildman–Crippen LogP) is 3.40. The summed E-state index contributed by atoms with van der Waals surface area (Å²) in [4.78, 5) is 16.3. The normalized spacial score (nSPS) is 11.1. The molecular weight excluding hydrogens is 305 g/mol. The Morgan fingerprint density at radius 2 is 1.58 bits per heavy atom. The summed E-state index contributed by atoms with van der Waals surface area (Å²) in [6.07, 6.45) is 3.35. The van der Waals surface area contributed by atoms with Crippen LogP contribution in [0.3, 0.4) is 0 Å². The van der Waals surface area contributed by atoms with Crippen molar-refractivity contribution >= 4 is 11.6 Å². The first-order chi connectivity index (χ1) is 11.7. The lowest BCUT2D eigenvalue weighted by molar-refractivity contribution is 0.0955. The van der Waals surface area contributed by atoms with Gasteiger partial charge in [0, 0.05) is 29.1 Å². The molecule has 0 saturated carbocycles. The average Bonchev–Trinajstić information content (AvgIpc) is 2.64. The van der Waals surface area contributed by atoms with Crippen molar-refractivity contribution in [3.05, 3.63) is 102 Å². The maximum absolute atomic E-state index is 12.9. The Morgan fingerprint density at radius 3 is 2.25 bits per heavy atom. The monoisotopic (exact) mass is 319 g/mol. The van der Waals surface area contributed by atoms with E-state index in [0.717, 1.165) is 11.1 Å². The van der Waals surface area contributed by atoms with Crippen molar-refractivity contribution in [1.29, 1.82) is 0 Å². The molecule has 3 rings (SSSR count). The molecule has 0 aliphatic heterocycles. The van der Waals surface area contributed by atoms with Gasteiger partial charge >= 0.3 is 0 Å². The zero-order chi connectivity index (χ0) is 16.8. The zero-order valence-electron chi connectivity index (χ0n) is 12.7. The van der Waals surface area contributed by atoms with Gasteiger partial charge in [-0.05, 0) is 36.4 Å². The third-order valence-electron chi connectivity index (χ3n) is 3.36. The van der Waals surface area contributed by atoms with Gasteiger partial charge in [0.2, 0.25) is 0 Å². The van der Waals surface area contributed by atoms with E-state index in [4.69, 9.17) is 0 Å². The molecule has 2 aromatic carbocycles. The van der Waals surface area contributed by atoms with E-state index in [1.165, 1.54) is 24.3 Å². The smallest absolute Gasteiger partial charge is 0.267 e. The standard InChI is InChI=1S/C19H14FN3O/c20-17-10-8-15(9-11-17)19(24)23-22-18(14-5-2-1-3-6-14)16-7-4-12-21-13-16/h1-13H,(H,23,24). The van der Waals surface area contributed by atoms with E-state index in [-0.39, 0.29) is 0 Å². The molecule has 0 fully saturated rings. The number of rotatable bonds is 4. The Balaban J connectivity index is 1.90. The first-order valence-electron chi connectivity index (χ1n) is 7.33. The number of benzene rings is 2. The third-order valence-corrected chi connectivity index (χ3v) is 3.36. The summed E-state index contributed by atoms with van der Waals surface area (Å²) >= 11 is 0. The van der Waals surface area contributed by atoms with E-state index in [2.05, 4.69) is 15.5 Å². The van der Waals surface area contributed by atoms with Gasteiger partial charge in [-0.1, -0.05) is 30.3 Å². The van der Waals surface area contributed by atoms with E-state index < -0.39 is 11.7 Å². The maximum atomic E-state index is 12.9. The highest BCUT2D eigenvalue weighted by atomic mass is 19.1. The Kier molecular flexibility index (Phi) is 4.72. The van der Waals surface area contributed by atoms with Gasteiger partial charge in [-0.25, -0.2) is 9.82 Å². The molecule has 0 aliphatic rings. The Hall–Kier alpha value is -3.34. The minimum atomic E-state index is -0.410. The van der Waals surface area contributed by atoms with Crippen LogP contribution in [0.2, 0.25) is 0 Å². The fourth-order valence-corrected chi connectivity index (χ4v) is 2.17. The third kappa shape index (κ3) is 3.70. The lowest BCUT2D eigenvalue weighted by atomic mass is 10.0. The van der Waals surface area contributed by atoms with Crippen molar-refractivity contribution in [2.45, 2.75) is 0 Å². The molecule has 1 aromatic heterocycles. The molecule has 5 heteroatoms. The summed E-state index contributed by atoms with van der Waals surface area (Å²) in [6, 6.07) is 18.4. The number of amides is 1. The minimum Gasteiger partial charge on any atom is -0.267 e. The van der Waals surface area contributed by atoms with Crippen molar-refractivity contribution < 1.29 is 9.18 Å². The highest BCUT2D eigenvalue weighted by molar-refractivity contribution is 6.13. The molecule has 0 unspecified atom stereocenters. The number of hydrogen-bond acceptors (Lipinski definition) is 3. The molecule has 1 amide bonds. The van der Waals surface area contributed by atoms with Gasteiger partial charge in [0.25, 0.3) is 5.91 Å². The van der Waals surface area contributed by atoms with Crippen LogP contribution in [-0.2, 0) is 0 Å². The van der Waals surface area contributed by atoms with E-state index >= 15 is 0 Å². The molecular formula is C19H14FN3O. The van der Waals surface area contributed by atoms with Crippen LogP contribution in [0.15, 0.2) is 84.2 Å². The summed E-state index contributed by atoms with van der Waals surface area (Å²) in [6.45, 7) is 0. The number of halogens is 1. The first-order valence-corrected chi connectivity index (χ1v) is 7.33. The average molecular weight is 319 g/mol. The second-order valence-corrected chi connectivity index (χ2v) is 5.02. The molecule has 3 aromatic rings. The van der Waals surface area contributed by atoms with Crippen LogP contribution < -0.4 is 5.43 Å². The molecule has 0 atom stereocenters. The summed E-state index contributed by atoms with van der Waals surface area (Å²) < 4.78 is 12.9. The van der Waals surface area contributed by atoms with Gasteiger partial charge in [0.05, 0.1) is 5.71 Å². The van der Waals surface area contributed by atoms with E-state index in [9.17, 15) is 9.18 Å². The maximum Gasteiger partial charge on any atom is 0.271 e. The number of hydrazone groups is 1. The highest BCUT2D eigenvalue weighted by Crippen LogP contribution is 2.10. The minimum absolute atomic E-state index is 0.332. The van der Waals surface area contributed by atoms with E-state index in [1.807, 2.05) is 36.4 Å². The molecule has 0 bridgehead atoms. The first kappa shape index (κ1) is 15.6. The van der Waals surface area contributed by atoms with Crippen LogP contribution >= 0.6 is 0 Å². The topological polar surface area (TPSA) is 54.4 Å². The molecule has 1 N–H and O–H groups in total. The molecule has 1 heterocycles. The van der Waals surface area contributed by atoms with Crippen LogP contribution in [-0.4, -0.2) is 16.6 Å². The van der Waals surface area contributed by atoms with Crippen molar-refractivity contribution in [2.24, 2.45) is 5.10 Å². The number of aromatic nitrogens is 1. The van der Waals surface area contributed by atoms with Gasteiger partial charge in [-0.15, -0.1) is 0 Å². The number of nitrogens with zero attached hydrogens (tertiary/aromatic N) is 2. The van der Waals surface area contributed by atoms with Gasteiger partial charge < -0.3 is 0 Å². The molecule has 24 heavy (non-hydrogen) atoms. The molecule has 118 valence electrons. The Labute approximate surface area is 138 Å². The van der Waals surface area contributed by atoms with Crippen molar-refractivity contribution in [3.8, 4) is 0 Å².